The molecular formula is C15H22N2OS. The SMILES string of the molecule is CC(C)C1NC(c2ccsc2)N(C(C)C2CC2)C1=O. The summed E-state index contributed by atoms with van der Waals surface area (Å²) in [5.74, 6) is 1.33. The normalized spacial score (nSPS) is 29.3. The molecule has 1 N–H and O–H groups in total. The van der Waals surface area contributed by atoms with Gasteiger partial charge in [0.2, 0.25) is 5.91 Å². The Balaban J connectivity index is 1.89. The molecule has 1 saturated carbocycles. The fourth-order valence-corrected chi connectivity index (χ4v) is 3.69. The van der Waals surface area contributed by atoms with E-state index in [1.807, 2.05) is 0 Å². The van der Waals surface area contributed by atoms with Gasteiger partial charge in [0.05, 0.1) is 6.04 Å². The Morgan fingerprint density at radius 3 is 2.63 bits per heavy atom. The van der Waals surface area contributed by atoms with Crippen molar-refractivity contribution in [3.63, 3.8) is 0 Å². The summed E-state index contributed by atoms with van der Waals surface area (Å²) in [6, 6.07) is 2.45. The molecule has 19 heavy (non-hydrogen) atoms. The Morgan fingerprint density at radius 1 is 1.37 bits per heavy atom. The maximum atomic E-state index is 12.7. The number of carbonyl (C=O) groups is 1. The summed E-state index contributed by atoms with van der Waals surface area (Å²) in [5.41, 5.74) is 1.23. The highest BCUT2D eigenvalue weighted by molar-refractivity contribution is 7.07. The molecule has 1 aliphatic heterocycles. The van der Waals surface area contributed by atoms with Crippen molar-refractivity contribution in [3.05, 3.63) is 22.4 Å². The van der Waals surface area contributed by atoms with E-state index in [9.17, 15) is 4.79 Å². The first-order valence-electron chi connectivity index (χ1n) is 7.20. The van der Waals surface area contributed by atoms with Gasteiger partial charge in [0.1, 0.15) is 6.17 Å². The van der Waals surface area contributed by atoms with Crippen molar-refractivity contribution in [1.29, 1.82) is 0 Å². The molecule has 104 valence electrons. The van der Waals surface area contributed by atoms with Crippen LogP contribution in [-0.4, -0.2) is 22.9 Å². The molecule has 0 bridgehead atoms. The third kappa shape index (κ3) is 2.32. The van der Waals surface area contributed by atoms with E-state index >= 15 is 0 Å². The zero-order chi connectivity index (χ0) is 13.6. The Kier molecular flexibility index (Phi) is 3.39. The minimum absolute atomic E-state index is 0.0360. The number of nitrogens with zero attached hydrogens (tertiary/aromatic N) is 1. The van der Waals surface area contributed by atoms with Crippen LogP contribution < -0.4 is 5.32 Å². The number of nitrogens with one attached hydrogen (secondary N) is 1. The Hall–Kier alpha value is -0.870. The van der Waals surface area contributed by atoms with Crippen LogP contribution in [0, 0.1) is 11.8 Å². The van der Waals surface area contributed by atoms with Crippen molar-refractivity contribution in [1.82, 2.24) is 10.2 Å². The van der Waals surface area contributed by atoms with Gasteiger partial charge >= 0.3 is 0 Å². The van der Waals surface area contributed by atoms with Crippen LogP contribution in [0.25, 0.3) is 0 Å². The molecule has 1 saturated heterocycles. The predicted octanol–water partition coefficient (Wildman–Crippen LogP) is 3.00. The van der Waals surface area contributed by atoms with Crippen LogP contribution in [-0.2, 0) is 4.79 Å². The smallest absolute Gasteiger partial charge is 0.241 e. The van der Waals surface area contributed by atoms with Crippen LogP contribution in [0.5, 0.6) is 0 Å². The van der Waals surface area contributed by atoms with E-state index in [1.165, 1.54) is 18.4 Å². The zero-order valence-corrected chi connectivity index (χ0v) is 12.6. The highest BCUT2D eigenvalue weighted by Gasteiger charge is 2.46. The highest BCUT2D eigenvalue weighted by atomic mass is 32.1. The number of hydrogen-bond acceptors (Lipinski definition) is 3. The molecule has 0 spiro atoms. The van der Waals surface area contributed by atoms with Gasteiger partial charge < -0.3 is 4.90 Å². The standard InChI is InChI=1S/C15H22N2OS/c1-9(2)13-15(18)17(10(3)11-4-5-11)14(16-13)12-6-7-19-8-12/h6-11,13-14,16H,4-5H2,1-3H3. The second-order valence-corrected chi connectivity index (χ2v) is 6.95. The van der Waals surface area contributed by atoms with E-state index in [2.05, 4.69) is 47.8 Å². The molecule has 3 atom stereocenters. The van der Waals surface area contributed by atoms with Crippen LogP contribution in [0.4, 0.5) is 0 Å². The molecular weight excluding hydrogens is 256 g/mol. The van der Waals surface area contributed by atoms with Gasteiger partial charge in [-0.15, -0.1) is 0 Å². The van der Waals surface area contributed by atoms with Gasteiger partial charge in [-0.25, -0.2) is 0 Å². The largest absolute Gasteiger partial charge is 0.319 e. The van der Waals surface area contributed by atoms with Crippen LogP contribution in [0.2, 0.25) is 0 Å². The molecule has 3 nitrogen and oxygen atoms in total. The number of carbonyl (C=O) groups excluding carboxylic acids is 1. The average molecular weight is 278 g/mol. The monoisotopic (exact) mass is 278 g/mol. The lowest BCUT2D eigenvalue weighted by Crippen LogP contribution is -2.40. The lowest BCUT2D eigenvalue weighted by atomic mass is 10.0. The molecule has 2 aliphatic rings. The maximum Gasteiger partial charge on any atom is 0.241 e. The van der Waals surface area contributed by atoms with Gasteiger partial charge in [-0.05, 0) is 54.0 Å². The van der Waals surface area contributed by atoms with Gasteiger partial charge in [-0.1, -0.05) is 13.8 Å². The summed E-state index contributed by atoms with van der Waals surface area (Å²) >= 11 is 1.70. The number of thiophene rings is 1. The second kappa shape index (κ2) is 4.91. The number of hydrogen-bond donors (Lipinski definition) is 1. The van der Waals surface area contributed by atoms with Crippen molar-refractivity contribution in [2.45, 2.75) is 51.9 Å². The molecule has 4 heteroatoms. The van der Waals surface area contributed by atoms with Gasteiger partial charge in [0, 0.05) is 6.04 Å². The summed E-state index contributed by atoms with van der Waals surface area (Å²) in [5, 5.41) is 7.78. The van der Waals surface area contributed by atoms with Crippen LogP contribution in [0.1, 0.15) is 45.3 Å². The van der Waals surface area contributed by atoms with E-state index in [0.29, 0.717) is 17.9 Å². The lowest BCUT2D eigenvalue weighted by Gasteiger charge is -2.30. The number of amides is 1. The van der Waals surface area contributed by atoms with Crippen molar-refractivity contribution in [2.75, 3.05) is 0 Å². The van der Waals surface area contributed by atoms with Crippen LogP contribution >= 0.6 is 11.3 Å². The molecule has 1 aromatic heterocycles. The molecule has 3 unspecified atom stereocenters. The molecule has 1 aliphatic carbocycles. The van der Waals surface area contributed by atoms with Crippen molar-refractivity contribution >= 4 is 17.2 Å². The van der Waals surface area contributed by atoms with E-state index in [-0.39, 0.29) is 18.1 Å². The molecule has 3 rings (SSSR count). The molecule has 0 aromatic carbocycles. The number of rotatable bonds is 4. The van der Waals surface area contributed by atoms with E-state index < -0.39 is 0 Å². The molecule has 0 radical (unpaired) electrons. The summed E-state index contributed by atoms with van der Waals surface area (Å²) in [7, 11) is 0. The Labute approximate surface area is 119 Å². The van der Waals surface area contributed by atoms with E-state index in [1.54, 1.807) is 11.3 Å². The molecule has 2 fully saturated rings. The molecule has 1 aromatic rings. The first kappa shape index (κ1) is 13.1. The molecule has 2 heterocycles. The highest BCUT2D eigenvalue weighted by Crippen LogP contribution is 2.40. The first-order chi connectivity index (χ1) is 9.09. The summed E-state index contributed by atoms with van der Waals surface area (Å²) < 4.78 is 0. The molecule has 1 amide bonds. The minimum Gasteiger partial charge on any atom is -0.319 e. The van der Waals surface area contributed by atoms with Gasteiger partial charge in [-0.3, -0.25) is 10.1 Å². The Bertz CT molecular complexity index is 453. The first-order valence-corrected chi connectivity index (χ1v) is 8.14. The van der Waals surface area contributed by atoms with Crippen LogP contribution in [0.3, 0.4) is 0 Å². The van der Waals surface area contributed by atoms with Gasteiger partial charge in [0.25, 0.3) is 0 Å². The van der Waals surface area contributed by atoms with Gasteiger partial charge in [-0.2, -0.15) is 11.3 Å². The van der Waals surface area contributed by atoms with E-state index in [0.717, 1.165) is 0 Å². The predicted molar refractivity (Wildman–Crippen MR) is 77.9 cm³/mol. The third-order valence-corrected chi connectivity index (χ3v) is 5.11. The third-order valence-electron chi connectivity index (χ3n) is 4.40. The fraction of sp³-hybridized carbons (Fsp3) is 0.667. The summed E-state index contributed by atoms with van der Waals surface area (Å²) in [4.78, 5) is 14.8. The zero-order valence-electron chi connectivity index (χ0n) is 11.8. The van der Waals surface area contributed by atoms with E-state index in [4.69, 9.17) is 0 Å². The topological polar surface area (TPSA) is 32.3 Å². The minimum atomic E-state index is -0.0360. The fourth-order valence-electron chi connectivity index (χ4n) is 3.02. The summed E-state index contributed by atoms with van der Waals surface area (Å²) in [6.45, 7) is 6.44. The Morgan fingerprint density at radius 2 is 2.11 bits per heavy atom. The van der Waals surface area contributed by atoms with Crippen molar-refractivity contribution in [2.24, 2.45) is 11.8 Å². The summed E-state index contributed by atoms with van der Waals surface area (Å²) in [6.07, 6.45) is 2.61. The maximum absolute atomic E-state index is 12.7. The average Bonchev–Trinajstić information content (AvgIpc) is 2.96. The second-order valence-electron chi connectivity index (χ2n) is 6.17. The van der Waals surface area contributed by atoms with Crippen molar-refractivity contribution in [3.8, 4) is 0 Å². The van der Waals surface area contributed by atoms with Crippen LogP contribution in [0.15, 0.2) is 16.8 Å². The van der Waals surface area contributed by atoms with Gasteiger partial charge in [0.15, 0.2) is 0 Å². The quantitative estimate of drug-likeness (QED) is 0.918. The van der Waals surface area contributed by atoms with Crippen molar-refractivity contribution < 1.29 is 4.79 Å². The lowest BCUT2D eigenvalue weighted by molar-refractivity contribution is -0.133.